The molecule has 1 aliphatic rings. The van der Waals surface area contributed by atoms with Crippen LogP contribution in [0.15, 0.2) is 30.3 Å². The van der Waals surface area contributed by atoms with Crippen LogP contribution in [0.2, 0.25) is 0 Å². The molecule has 3 unspecified atom stereocenters. The van der Waals surface area contributed by atoms with Crippen LogP contribution in [0.1, 0.15) is 18.1 Å². The average Bonchev–Trinajstić information content (AvgIpc) is 2.84. The van der Waals surface area contributed by atoms with Gasteiger partial charge in [-0.3, -0.25) is 13.7 Å². The summed E-state index contributed by atoms with van der Waals surface area (Å²) in [4.78, 5) is 41.1. The summed E-state index contributed by atoms with van der Waals surface area (Å²) in [5.74, 6) is 0. The summed E-state index contributed by atoms with van der Waals surface area (Å²) in [6.45, 7) is -0.792. The maximum atomic E-state index is 11.5. The summed E-state index contributed by atoms with van der Waals surface area (Å²) in [5, 5.41) is 9.91. The largest absolute Gasteiger partial charge is 1.00 e. The minimum atomic E-state index is -5.95. The van der Waals surface area contributed by atoms with E-state index in [1.807, 2.05) is 0 Å². The molecule has 12 nitrogen and oxygen atoms in total. The van der Waals surface area contributed by atoms with Crippen molar-refractivity contribution in [3.8, 4) is 0 Å². The smallest absolute Gasteiger partial charge is 0.756 e. The van der Waals surface area contributed by atoms with Crippen LogP contribution in [-0.2, 0) is 31.6 Å². The number of aliphatic hydroxyl groups excluding tert-OH is 1. The first-order valence-electron chi connectivity index (χ1n) is 6.98. The zero-order valence-corrected chi connectivity index (χ0v) is 24.5. The second-order valence-corrected chi connectivity index (χ2v) is 9.49. The molecule has 2 rings (SSSR count). The second kappa shape index (κ2) is 14.1. The van der Waals surface area contributed by atoms with Gasteiger partial charge in [0.25, 0.3) is 23.5 Å². The fraction of sp³-hybridized carbons (Fsp3) is 0.455. The summed E-state index contributed by atoms with van der Waals surface area (Å²) in [7, 11) is -17.3. The van der Waals surface area contributed by atoms with Gasteiger partial charge in [-0.2, -0.15) is 0 Å². The number of ether oxygens (including phenoxy) is 1. The zero-order valence-electron chi connectivity index (χ0n) is 15.9. The molecule has 1 aliphatic heterocycles. The van der Waals surface area contributed by atoms with Gasteiger partial charge in [-0.25, -0.2) is 8.62 Å². The third-order valence-corrected chi connectivity index (χ3v) is 6.89. The molecule has 1 fully saturated rings. The van der Waals surface area contributed by atoms with Gasteiger partial charge in [0, 0.05) is 6.42 Å². The van der Waals surface area contributed by atoms with Gasteiger partial charge in [0.2, 0.25) is 0 Å². The maximum Gasteiger partial charge on any atom is 1.00 e. The van der Waals surface area contributed by atoms with E-state index in [2.05, 4.69) is 13.1 Å². The van der Waals surface area contributed by atoms with E-state index in [1.165, 1.54) is 0 Å². The molecule has 0 aliphatic carbocycles. The van der Waals surface area contributed by atoms with Gasteiger partial charge in [0.15, 0.2) is 0 Å². The number of hydrogen-bond donors (Lipinski definition) is 2. The Morgan fingerprint density at radius 1 is 1.00 bits per heavy atom. The monoisotopic (exact) mass is 500 g/mol. The van der Waals surface area contributed by atoms with Crippen LogP contribution in [0.25, 0.3) is 0 Å². The number of phosphoric acid groups is 3. The van der Waals surface area contributed by atoms with Crippen LogP contribution in [0, 0.1) is 0 Å². The van der Waals surface area contributed by atoms with E-state index < -0.39 is 48.4 Å². The minimum Gasteiger partial charge on any atom is -0.756 e. The minimum absolute atomic E-state index is 0. The van der Waals surface area contributed by atoms with E-state index in [-0.39, 0.29) is 95.1 Å². The summed E-state index contributed by atoms with van der Waals surface area (Å²) in [6.07, 6.45) is -2.59. The van der Waals surface area contributed by atoms with Gasteiger partial charge in [-0.1, -0.05) is 30.3 Å². The summed E-state index contributed by atoms with van der Waals surface area (Å²) < 4.78 is 49.3. The van der Waals surface area contributed by atoms with Crippen molar-refractivity contribution in [1.29, 1.82) is 0 Å². The molecule has 148 valence electrons. The van der Waals surface area contributed by atoms with E-state index in [1.54, 1.807) is 30.3 Å². The van der Waals surface area contributed by atoms with Crippen molar-refractivity contribution in [1.82, 2.24) is 0 Å². The van der Waals surface area contributed by atoms with Crippen molar-refractivity contribution in [2.24, 2.45) is 0 Å². The molecule has 29 heavy (non-hydrogen) atoms. The molecule has 1 heterocycles. The first-order valence-corrected chi connectivity index (χ1v) is 11.4. The normalized spacial score (nSPS) is 27.1. The fourth-order valence-corrected chi connectivity index (χ4v) is 5.11. The molecule has 0 amide bonds. The molecule has 0 radical (unpaired) electrons. The van der Waals surface area contributed by atoms with Crippen molar-refractivity contribution >= 4 is 23.5 Å². The van der Waals surface area contributed by atoms with Crippen LogP contribution in [0.5, 0.6) is 0 Å². The van der Waals surface area contributed by atoms with Crippen LogP contribution in [0.3, 0.4) is 0 Å². The molecule has 0 spiro atoms. The number of benzene rings is 1. The van der Waals surface area contributed by atoms with E-state index in [9.17, 15) is 33.5 Å². The van der Waals surface area contributed by atoms with Crippen LogP contribution in [0.4, 0.5) is 0 Å². The molecule has 1 saturated heterocycles. The Balaban J connectivity index is 0. The topological polar surface area (TPSA) is 198 Å². The van der Waals surface area contributed by atoms with Gasteiger partial charge in [-0.15, -0.1) is 0 Å². The molecule has 1 aromatic carbocycles. The third-order valence-electron chi connectivity index (χ3n) is 3.20. The number of phosphoric ester groups is 1. The Morgan fingerprint density at radius 2 is 1.55 bits per heavy atom. The molecule has 0 bridgehead atoms. The fourth-order valence-electron chi connectivity index (χ4n) is 2.21. The summed E-state index contributed by atoms with van der Waals surface area (Å²) in [6, 6.07) is 8.75. The van der Waals surface area contributed by atoms with E-state index in [4.69, 9.17) is 9.63 Å². The van der Waals surface area contributed by atoms with Crippen molar-refractivity contribution in [3.05, 3.63) is 35.9 Å². The van der Waals surface area contributed by atoms with E-state index in [0.717, 1.165) is 5.56 Å². The molecule has 2 N–H and O–H groups in total. The Labute approximate surface area is 233 Å². The van der Waals surface area contributed by atoms with Gasteiger partial charge in [-0.05, 0) is 5.56 Å². The van der Waals surface area contributed by atoms with Crippen molar-refractivity contribution in [2.45, 2.75) is 24.7 Å². The quantitative estimate of drug-likeness (QED) is 0.253. The number of rotatable bonds is 8. The Hall–Kier alpha value is 2.55. The predicted molar refractivity (Wildman–Crippen MR) is 77.8 cm³/mol. The molecule has 0 aromatic heterocycles. The van der Waals surface area contributed by atoms with E-state index >= 15 is 0 Å². The SMILES string of the molecule is O=P([O-])(O)OP(=O)([O-])OP(=O)([O-])OC[C@H]1O[C@@H](c2ccccc2)C[C@@H]1O.[Na+].[Na+].[Na+]. The van der Waals surface area contributed by atoms with Crippen LogP contribution < -0.4 is 103 Å². The van der Waals surface area contributed by atoms with Crippen molar-refractivity contribution in [3.63, 3.8) is 0 Å². The van der Waals surface area contributed by atoms with Crippen molar-refractivity contribution < 1.29 is 145 Å². The standard InChI is InChI=1S/C11H17O12P3.3Na/c12-9-6-10(8-4-2-1-3-5-8)21-11(9)7-20-25(16,17)23-26(18,19)22-24(13,14)15;;;/h1-5,9-12H,6-7H2,(H,16,17)(H,18,19)(H2,13,14,15);;;/q;3*+1/p-3/t9-,10+,11+;;;/m0.../s1. The summed E-state index contributed by atoms with van der Waals surface area (Å²) in [5.41, 5.74) is 0.738. The first-order chi connectivity index (χ1) is 11.9. The summed E-state index contributed by atoms with van der Waals surface area (Å²) >= 11 is 0. The molecule has 18 heteroatoms. The van der Waals surface area contributed by atoms with Crippen molar-refractivity contribution in [2.75, 3.05) is 6.61 Å². The van der Waals surface area contributed by atoms with Gasteiger partial charge in [0.1, 0.15) is 6.10 Å². The predicted octanol–water partition coefficient (Wildman–Crippen LogP) is -9.66. The van der Waals surface area contributed by atoms with Crippen LogP contribution >= 0.6 is 23.5 Å². The van der Waals surface area contributed by atoms with Gasteiger partial charge < -0.3 is 33.9 Å². The molecular formula is C11H14Na3O12P3. The molecule has 6 atom stereocenters. The van der Waals surface area contributed by atoms with Gasteiger partial charge in [0.05, 0.1) is 18.8 Å². The number of aliphatic hydroxyl groups is 1. The Morgan fingerprint density at radius 3 is 2.07 bits per heavy atom. The first kappa shape index (κ1) is 33.7. The third kappa shape index (κ3) is 12.5. The maximum absolute atomic E-state index is 11.5. The van der Waals surface area contributed by atoms with Gasteiger partial charge >= 0.3 is 88.7 Å². The molecule has 1 aromatic rings. The molecule has 0 saturated carbocycles. The zero-order chi connectivity index (χ0) is 19.6. The second-order valence-electron chi connectivity index (χ2n) is 5.20. The van der Waals surface area contributed by atoms with E-state index in [0.29, 0.717) is 0 Å². The Kier molecular flexibility index (Phi) is 16.4. The molecular weight excluding hydrogens is 486 g/mol. The Bertz CT molecular complexity index is 762. The van der Waals surface area contributed by atoms with Crippen LogP contribution in [-0.4, -0.2) is 28.8 Å². The number of hydrogen-bond acceptors (Lipinski definition) is 11. The average molecular weight is 500 g/mol.